The van der Waals surface area contributed by atoms with Gasteiger partial charge in [-0.15, -0.1) is 0 Å². The van der Waals surface area contributed by atoms with Crippen LogP contribution in [0.1, 0.15) is 24.6 Å². The van der Waals surface area contributed by atoms with Crippen LogP contribution in [0.3, 0.4) is 0 Å². The van der Waals surface area contributed by atoms with Crippen LogP contribution in [0.15, 0.2) is 34.9 Å². The van der Waals surface area contributed by atoms with Gasteiger partial charge in [0.05, 0.1) is 6.04 Å². The van der Waals surface area contributed by atoms with Crippen molar-refractivity contribution in [3.8, 4) is 11.3 Å². The van der Waals surface area contributed by atoms with Crippen LogP contribution >= 0.6 is 0 Å². The molecule has 3 saturated heterocycles. The molecule has 4 heterocycles. The van der Waals surface area contributed by atoms with Gasteiger partial charge in [0.2, 0.25) is 0 Å². The molecule has 110 valence electrons. The Bertz CT molecular complexity index is 617. The van der Waals surface area contributed by atoms with Crippen LogP contribution in [0.25, 0.3) is 11.3 Å². The first-order valence-electron chi connectivity index (χ1n) is 7.49. The van der Waals surface area contributed by atoms with E-state index in [1.807, 2.05) is 6.07 Å². The number of nitrogens with one attached hydrogen (secondary N) is 1. The molecule has 3 aliphatic rings. The fraction of sp³-hybridized carbons (Fsp3) is 0.438. The summed E-state index contributed by atoms with van der Waals surface area (Å²) in [6.45, 7) is 3.14. The second-order valence-electron chi connectivity index (χ2n) is 5.86. The topological polar surface area (TPSA) is 41.3 Å². The minimum absolute atomic E-state index is 0.241. The van der Waals surface area contributed by atoms with Crippen molar-refractivity contribution in [1.29, 1.82) is 0 Å². The van der Waals surface area contributed by atoms with E-state index in [-0.39, 0.29) is 11.9 Å². The third-order valence-corrected chi connectivity index (χ3v) is 4.57. The van der Waals surface area contributed by atoms with Crippen molar-refractivity contribution in [2.24, 2.45) is 0 Å². The van der Waals surface area contributed by atoms with Gasteiger partial charge < -0.3 is 9.84 Å². The first-order chi connectivity index (χ1) is 10.3. The number of benzene rings is 1. The molecule has 0 saturated carbocycles. The van der Waals surface area contributed by atoms with Crippen molar-refractivity contribution in [1.82, 2.24) is 15.4 Å². The van der Waals surface area contributed by atoms with Crippen LogP contribution in [0.4, 0.5) is 4.39 Å². The maximum Gasteiger partial charge on any atom is 0.167 e. The van der Waals surface area contributed by atoms with Crippen LogP contribution in [0.5, 0.6) is 0 Å². The number of halogens is 1. The smallest absolute Gasteiger partial charge is 0.167 e. The highest BCUT2D eigenvalue weighted by Gasteiger charge is 2.32. The Balaban J connectivity index is 1.60. The quantitative estimate of drug-likeness (QED) is 0.922. The zero-order chi connectivity index (χ0) is 14.2. The summed E-state index contributed by atoms with van der Waals surface area (Å²) in [5.74, 6) is 0.458. The normalized spacial score (nSPS) is 28.5. The molecular weight excluding hydrogens is 269 g/mol. The van der Waals surface area contributed by atoms with E-state index in [4.69, 9.17) is 4.52 Å². The van der Waals surface area contributed by atoms with Gasteiger partial charge in [-0.1, -0.05) is 5.16 Å². The van der Waals surface area contributed by atoms with E-state index in [0.29, 0.717) is 11.8 Å². The van der Waals surface area contributed by atoms with Gasteiger partial charge in [0.1, 0.15) is 11.5 Å². The number of nitrogens with zero attached hydrogens (tertiary/aromatic N) is 2. The number of hydrogen-bond donors (Lipinski definition) is 1. The summed E-state index contributed by atoms with van der Waals surface area (Å²) in [5.41, 5.74) is 1.82. The van der Waals surface area contributed by atoms with Gasteiger partial charge in [0, 0.05) is 37.3 Å². The fourth-order valence-corrected chi connectivity index (χ4v) is 3.31. The largest absolute Gasteiger partial charge is 0.356 e. The second-order valence-corrected chi connectivity index (χ2v) is 5.86. The first-order valence-corrected chi connectivity index (χ1v) is 7.49. The number of fused-ring (bicyclic) bond motifs is 4. The Kier molecular flexibility index (Phi) is 3.24. The minimum Gasteiger partial charge on any atom is -0.356 e. The standard InChI is InChI=1S/C16H18FN3O/c17-12-3-1-11(2-4-12)16-9-14(19-21-16)15-10-18-13-5-7-20(15)8-6-13/h1-4,9,13,15,18H,5-8,10H2. The van der Waals surface area contributed by atoms with Gasteiger partial charge in [-0.2, -0.15) is 0 Å². The Morgan fingerprint density at radius 1 is 1.19 bits per heavy atom. The van der Waals surface area contributed by atoms with Gasteiger partial charge in [-0.3, -0.25) is 4.90 Å². The molecule has 21 heavy (non-hydrogen) atoms. The zero-order valence-corrected chi connectivity index (χ0v) is 11.8. The van der Waals surface area contributed by atoms with Crippen LogP contribution in [-0.2, 0) is 0 Å². The molecule has 0 aliphatic carbocycles. The zero-order valence-electron chi connectivity index (χ0n) is 11.8. The monoisotopic (exact) mass is 287 g/mol. The van der Waals surface area contributed by atoms with Crippen molar-refractivity contribution in [2.45, 2.75) is 24.9 Å². The fourth-order valence-electron chi connectivity index (χ4n) is 3.31. The van der Waals surface area contributed by atoms with Crippen molar-refractivity contribution >= 4 is 0 Å². The van der Waals surface area contributed by atoms with E-state index in [1.54, 1.807) is 12.1 Å². The van der Waals surface area contributed by atoms with E-state index in [2.05, 4.69) is 15.4 Å². The Morgan fingerprint density at radius 2 is 1.95 bits per heavy atom. The molecule has 3 fully saturated rings. The van der Waals surface area contributed by atoms with Crippen LogP contribution in [0, 0.1) is 5.82 Å². The predicted molar refractivity (Wildman–Crippen MR) is 77.2 cm³/mol. The first kappa shape index (κ1) is 13.0. The van der Waals surface area contributed by atoms with E-state index in [0.717, 1.165) is 30.9 Å². The summed E-state index contributed by atoms with van der Waals surface area (Å²) in [6.07, 6.45) is 2.42. The van der Waals surface area contributed by atoms with Crippen LogP contribution < -0.4 is 5.32 Å². The van der Waals surface area contributed by atoms with Crippen LogP contribution in [0.2, 0.25) is 0 Å². The van der Waals surface area contributed by atoms with Crippen LogP contribution in [-0.4, -0.2) is 35.7 Å². The molecule has 0 amide bonds. The number of rotatable bonds is 2. The molecule has 4 nitrogen and oxygen atoms in total. The average molecular weight is 287 g/mol. The predicted octanol–water partition coefficient (Wildman–Crippen LogP) is 2.59. The van der Waals surface area contributed by atoms with E-state index >= 15 is 0 Å². The van der Waals surface area contributed by atoms with Gasteiger partial charge in [-0.05, 0) is 37.1 Å². The minimum atomic E-state index is -0.241. The summed E-state index contributed by atoms with van der Waals surface area (Å²) < 4.78 is 18.4. The van der Waals surface area contributed by atoms with Gasteiger partial charge >= 0.3 is 0 Å². The molecule has 1 unspecified atom stereocenters. The van der Waals surface area contributed by atoms with Crippen molar-refractivity contribution in [3.63, 3.8) is 0 Å². The van der Waals surface area contributed by atoms with Gasteiger partial charge in [-0.25, -0.2) is 4.39 Å². The lowest BCUT2D eigenvalue weighted by molar-refractivity contribution is 0.182. The Morgan fingerprint density at radius 3 is 2.71 bits per heavy atom. The maximum absolute atomic E-state index is 13.0. The molecule has 0 spiro atoms. The van der Waals surface area contributed by atoms with Crippen molar-refractivity contribution in [3.05, 3.63) is 41.8 Å². The number of hydrogen-bond acceptors (Lipinski definition) is 4. The number of piperidine rings is 1. The highest BCUT2D eigenvalue weighted by molar-refractivity contribution is 5.57. The van der Waals surface area contributed by atoms with E-state index < -0.39 is 0 Å². The molecule has 1 aromatic heterocycles. The molecule has 1 atom stereocenters. The molecule has 2 bridgehead atoms. The molecular formula is C16H18FN3O. The second kappa shape index (κ2) is 5.24. The highest BCUT2D eigenvalue weighted by atomic mass is 19.1. The summed E-state index contributed by atoms with van der Waals surface area (Å²) in [5, 5.41) is 7.85. The van der Waals surface area contributed by atoms with E-state index in [1.165, 1.54) is 25.0 Å². The van der Waals surface area contributed by atoms with Gasteiger partial charge in [0.15, 0.2) is 5.76 Å². The van der Waals surface area contributed by atoms with E-state index in [9.17, 15) is 4.39 Å². The summed E-state index contributed by atoms with van der Waals surface area (Å²) in [7, 11) is 0. The maximum atomic E-state index is 13.0. The summed E-state index contributed by atoms with van der Waals surface area (Å²) in [6, 6.07) is 9.22. The molecule has 3 aliphatic heterocycles. The molecule has 0 radical (unpaired) electrons. The third-order valence-electron chi connectivity index (χ3n) is 4.57. The van der Waals surface area contributed by atoms with Crippen molar-refractivity contribution in [2.75, 3.05) is 19.6 Å². The summed E-state index contributed by atoms with van der Waals surface area (Å²) in [4.78, 5) is 2.47. The average Bonchev–Trinajstić information content (AvgIpc) is 2.81. The number of aromatic nitrogens is 1. The molecule has 2 aromatic rings. The molecule has 1 aromatic carbocycles. The third kappa shape index (κ3) is 2.47. The summed E-state index contributed by atoms with van der Waals surface area (Å²) >= 11 is 0. The molecule has 1 N–H and O–H groups in total. The van der Waals surface area contributed by atoms with Gasteiger partial charge in [0.25, 0.3) is 0 Å². The molecule has 5 heteroatoms. The molecule has 5 rings (SSSR count). The van der Waals surface area contributed by atoms with Crippen molar-refractivity contribution < 1.29 is 8.91 Å². The SMILES string of the molecule is Fc1ccc(-c2cc(C3CNC4CCN3CC4)no2)cc1. The highest BCUT2D eigenvalue weighted by Crippen LogP contribution is 2.30. The lowest BCUT2D eigenvalue weighted by Crippen LogP contribution is -2.35. The Labute approximate surface area is 122 Å². The lowest BCUT2D eigenvalue weighted by Gasteiger charge is -2.30. The lowest BCUT2D eigenvalue weighted by atomic mass is 10.1. The Hall–Kier alpha value is -1.72.